The second-order valence-electron chi connectivity index (χ2n) is 5.89. The number of thiocarbonyl (C=S) groups is 1. The molecule has 1 aromatic rings. The number of rotatable bonds is 2. The van der Waals surface area contributed by atoms with Crippen LogP contribution in [-0.4, -0.2) is 34.2 Å². The second kappa shape index (κ2) is 8.43. The molecular weight excluding hydrogens is 336 g/mol. The van der Waals surface area contributed by atoms with Crippen molar-refractivity contribution in [2.75, 3.05) is 11.5 Å². The number of benzene rings is 1. The molecule has 1 saturated heterocycles. The minimum atomic E-state index is -0.747. The third kappa shape index (κ3) is 3.40. The van der Waals surface area contributed by atoms with E-state index in [0.717, 1.165) is 29.8 Å². The van der Waals surface area contributed by atoms with Crippen molar-refractivity contribution in [2.45, 2.75) is 58.4 Å². The lowest BCUT2D eigenvalue weighted by Gasteiger charge is -2.39. The largest absolute Gasteiger partial charge is 0.449 e. The molecule has 2 aliphatic rings. The van der Waals surface area contributed by atoms with Gasteiger partial charge in [0.25, 0.3) is 5.91 Å². The number of ether oxygens (including phenoxy) is 1. The summed E-state index contributed by atoms with van der Waals surface area (Å²) in [5.74, 6) is -0.246. The fraction of sp³-hybridized carbons (Fsp3) is 0.526. The number of hydrogen-bond donors (Lipinski definition) is 0. The standard InChI is InChI=1S/C17H20N2O3S.C2H6/c1-2-22-16(21)18-14(20)17(11-7-4-8-12-17)19(15(18)23)13-9-5-3-6-10-13;1-2/h3,5-6,9-10H,2,4,7-8,11-12H2,1H3;1-2H3. The van der Waals surface area contributed by atoms with Gasteiger partial charge in [0.2, 0.25) is 0 Å². The number of hydrogen-bond acceptors (Lipinski definition) is 4. The third-order valence-corrected chi connectivity index (χ3v) is 4.92. The average molecular weight is 362 g/mol. The van der Waals surface area contributed by atoms with Crippen LogP contribution in [0.15, 0.2) is 30.3 Å². The molecule has 0 unspecified atom stereocenters. The van der Waals surface area contributed by atoms with Crippen LogP contribution in [0.25, 0.3) is 0 Å². The van der Waals surface area contributed by atoms with Gasteiger partial charge in [-0.3, -0.25) is 4.79 Å². The number of para-hydroxylation sites is 1. The van der Waals surface area contributed by atoms with Gasteiger partial charge in [-0.1, -0.05) is 51.3 Å². The van der Waals surface area contributed by atoms with E-state index >= 15 is 0 Å². The minimum absolute atomic E-state index is 0.212. The molecule has 25 heavy (non-hydrogen) atoms. The molecule has 2 amide bonds. The van der Waals surface area contributed by atoms with Crippen LogP contribution in [0.5, 0.6) is 0 Å². The summed E-state index contributed by atoms with van der Waals surface area (Å²) in [6, 6.07) is 9.58. The molecule has 0 aromatic heterocycles. The monoisotopic (exact) mass is 362 g/mol. The van der Waals surface area contributed by atoms with Crippen LogP contribution in [0.1, 0.15) is 52.9 Å². The summed E-state index contributed by atoms with van der Waals surface area (Å²) in [6.07, 6.45) is 3.74. The minimum Gasteiger partial charge on any atom is -0.449 e. The van der Waals surface area contributed by atoms with Crippen molar-refractivity contribution in [1.82, 2.24) is 4.90 Å². The fourth-order valence-corrected chi connectivity index (χ4v) is 3.97. The fourth-order valence-electron chi connectivity index (χ4n) is 3.53. The van der Waals surface area contributed by atoms with Crippen molar-refractivity contribution in [1.29, 1.82) is 0 Å². The molecule has 1 aromatic carbocycles. The Morgan fingerprint density at radius 1 is 1.16 bits per heavy atom. The van der Waals surface area contributed by atoms with Crippen molar-refractivity contribution in [3.05, 3.63) is 30.3 Å². The lowest BCUT2D eigenvalue weighted by molar-refractivity contribution is -0.130. The van der Waals surface area contributed by atoms with E-state index in [0.29, 0.717) is 12.8 Å². The molecule has 1 aliphatic heterocycles. The van der Waals surface area contributed by atoms with Crippen LogP contribution < -0.4 is 4.90 Å². The van der Waals surface area contributed by atoms with Crippen LogP contribution in [-0.2, 0) is 9.53 Å². The summed E-state index contributed by atoms with van der Waals surface area (Å²) in [5.41, 5.74) is 0.100. The summed E-state index contributed by atoms with van der Waals surface area (Å²) in [6.45, 7) is 5.93. The van der Waals surface area contributed by atoms with E-state index in [2.05, 4.69) is 0 Å². The molecule has 0 N–H and O–H groups in total. The Morgan fingerprint density at radius 2 is 1.76 bits per heavy atom. The second-order valence-corrected chi connectivity index (χ2v) is 6.25. The first-order chi connectivity index (χ1) is 12.1. The molecule has 1 spiro atoms. The van der Waals surface area contributed by atoms with Crippen LogP contribution in [0.4, 0.5) is 10.5 Å². The summed E-state index contributed by atoms with van der Waals surface area (Å²) >= 11 is 5.50. The highest BCUT2D eigenvalue weighted by molar-refractivity contribution is 7.80. The van der Waals surface area contributed by atoms with E-state index in [1.165, 1.54) is 0 Å². The molecular formula is C19H26N2O3S. The number of amides is 2. The van der Waals surface area contributed by atoms with Gasteiger partial charge in [0, 0.05) is 5.69 Å². The molecule has 1 saturated carbocycles. The first kappa shape index (κ1) is 19.4. The molecule has 5 nitrogen and oxygen atoms in total. The molecule has 1 heterocycles. The predicted molar refractivity (Wildman–Crippen MR) is 103 cm³/mol. The highest BCUT2D eigenvalue weighted by Gasteiger charge is 2.58. The zero-order chi connectivity index (χ0) is 18.4. The van der Waals surface area contributed by atoms with Crippen LogP contribution >= 0.6 is 12.2 Å². The number of imide groups is 1. The zero-order valence-corrected chi connectivity index (χ0v) is 16.0. The normalized spacial score (nSPS) is 18.8. The molecule has 0 atom stereocenters. The Labute approximate surface area is 154 Å². The Morgan fingerprint density at radius 3 is 2.32 bits per heavy atom. The molecule has 136 valence electrons. The zero-order valence-electron chi connectivity index (χ0n) is 15.2. The van der Waals surface area contributed by atoms with E-state index in [4.69, 9.17) is 17.0 Å². The third-order valence-electron chi connectivity index (χ3n) is 4.56. The van der Waals surface area contributed by atoms with Gasteiger partial charge < -0.3 is 9.64 Å². The SMILES string of the molecule is CC.CCOC(=O)N1C(=O)C2(CCCCC2)N(c2ccccc2)C1=S. The summed E-state index contributed by atoms with van der Waals surface area (Å²) in [5, 5.41) is 0.224. The van der Waals surface area contributed by atoms with Gasteiger partial charge in [0.15, 0.2) is 5.11 Å². The predicted octanol–water partition coefficient (Wildman–Crippen LogP) is 4.51. The van der Waals surface area contributed by atoms with E-state index < -0.39 is 11.6 Å². The van der Waals surface area contributed by atoms with Crippen molar-refractivity contribution in [3.8, 4) is 0 Å². The lowest BCUT2D eigenvalue weighted by atomic mass is 9.80. The summed E-state index contributed by atoms with van der Waals surface area (Å²) in [4.78, 5) is 28.2. The van der Waals surface area contributed by atoms with Crippen molar-refractivity contribution in [3.63, 3.8) is 0 Å². The Balaban J connectivity index is 0.00000109. The molecule has 0 radical (unpaired) electrons. The molecule has 3 rings (SSSR count). The quantitative estimate of drug-likeness (QED) is 0.725. The highest BCUT2D eigenvalue weighted by atomic mass is 32.1. The first-order valence-electron chi connectivity index (χ1n) is 9.02. The van der Waals surface area contributed by atoms with Gasteiger partial charge in [-0.15, -0.1) is 0 Å². The Hall–Kier alpha value is -1.95. The van der Waals surface area contributed by atoms with Gasteiger partial charge in [0.1, 0.15) is 5.54 Å². The van der Waals surface area contributed by atoms with E-state index in [9.17, 15) is 9.59 Å². The smallest absolute Gasteiger partial charge is 0.423 e. The van der Waals surface area contributed by atoms with Crippen LogP contribution in [0.2, 0.25) is 0 Å². The van der Waals surface area contributed by atoms with Gasteiger partial charge in [0.05, 0.1) is 6.61 Å². The van der Waals surface area contributed by atoms with Gasteiger partial charge >= 0.3 is 6.09 Å². The maximum atomic E-state index is 13.1. The van der Waals surface area contributed by atoms with E-state index in [-0.39, 0.29) is 17.6 Å². The van der Waals surface area contributed by atoms with Crippen LogP contribution in [0.3, 0.4) is 0 Å². The summed E-state index contributed by atoms with van der Waals surface area (Å²) in [7, 11) is 0. The Bertz CT molecular complexity index is 627. The summed E-state index contributed by atoms with van der Waals surface area (Å²) < 4.78 is 5.04. The van der Waals surface area contributed by atoms with Gasteiger partial charge in [-0.05, 0) is 44.1 Å². The van der Waals surface area contributed by atoms with Gasteiger partial charge in [-0.25, -0.2) is 4.79 Å². The number of nitrogens with zero attached hydrogens (tertiary/aromatic N) is 2. The molecule has 0 bridgehead atoms. The first-order valence-corrected chi connectivity index (χ1v) is 9.43. The maximum absolute atomic E-state index is 13.1. The van der Waals surface area contributed by atoms with Crippen molar-refractivity contribution in [2.24, 2.45) is 0 Å². The van der Waals surface area contributed by atoms with Gasteiger partial charge in [-0.2, -0.15) is 4.90 Å². The molecule has 6 heteroatoms. The number of carbonyl (C=O) groups excluding carboxylic acids is 2. The van der Waals surface area contributed by atoms with E-state index in [1.54, 1.807) is 6.92 Å². The van der Waals surface area contributed by atoms with E-state index in [1.807, 2.05) is 49.1 Å². The topological polar surface area (TPSA) is 49.9 Å². The highest BCUT2D eigenvalue weighted by Crippen LogP contribution is 2.43. The number of carbonyl (C=O) groups is 2. The number of anilines is 1. The lowest BCUT2D eigenvalue weighted by Crippen LogP contribution is -2.51. The van der Waals surface area contributed by atoms with Crippen molar-refractivity contribution < 1.29 is 14.3 Å². The average Bonchev–Trinajstić information content (AvgIpc) is 2.85. The molecule has 1 aliphatic carbocycles. The van der Waals surface area contributed by atoms with Crippen LogP contribution in [0, 0.1) is 0 Å². The Kier molecular flexibility index (Phi) is 6.53. The molecule has 2 fully saturated rings. The van der Waals surface area contributed by atoms with Crippen molar-refractivity contribution >= 4 is 35.0 Å². The maximum Gasteiger partial charge on any atom is 0.423 e.